The Hall–Kier alpha value is -3.77. The first-order chi connectivity index (χ1) is 23.7. The zero-order valence-corrected chi connectivity index (χ0v) is 26.4. The number of carbonyl (C=O) groups excluding carboxylic acids is 1. The van der Waals surface area contributed by atoms with Crippen molar-refractivity contribution in [2.75, 3.05) is 19.8 Å². The molecule has 0 aromatic heterocycles. The van der Waals surface area contributed by atoms with Crippen LogP contribution in [0.4, 0.5) is 11.4 Å². The van der Waals surface area contributed by atoms with Gasteiger partial charge in [-0.3, -0.25) is 9.59 Å². The van der Waals surface area contributed by atoms with Gasteiger partial charge in [-0.2, -0.15) is 15.5 Å². The number of carboxylic acid groups (broad SMARTS) is 1. The highest BCUT2D eigenvalue weighted by molar-refractivity contribution is 5.69. The van der Waals surface area contributed by atoms with Gasteiger partial charge in [0.25, 0.3) is 0 Å². The van der Waals surface area contributed by atoms with Crippen molar-refractivity contribution in [2.45, 2.75) is 109 Å². The molecule has 0 aliphatic heterocycles. The van der Waals surface area contributed by atoms with E-state index in [4.69, 9.17) is 25.3 Å². The first-order valence-electron chi connectivity index (χ1n) is 18.3. The molecule has 0 bridgehead atoms. The van der Waals surface area contributed by atoms with E-state index in [2.05, 4.69) is 10.2 Å². The number of unbranched alkanes of at least 4 members (excludes halogenated alkanes) is 12. The van der Waals surface area contributed by atoms with Gasteiger partial charge < -0.3 is 19.7 Å². The molecule has 1 atom stereocenters. The van der Waals surface area contributed by atoms with Crippen molar-refractivity contribution in [1.82, 2.24) is 0 Å². The lowest BCUT2D eigenvalue weighted by molar-refractivity contribution is -0.145. The molecule has 0 fully saturated rings. The Labute approximate surface area is 274 Å². The summed E-state index contributed by atoms with van der Waals surface area (Å²) in [7, 11) is 0. The molecule has 0 aliphatic rings. The number of carboxylic acids is 1. The number of aliphatic hydroxyl groups is 1. The lowest BCUT2D eigenvalue weighted by Crippen LogP contribution is -2.17. The van der Waals surface area contributed by atoms with Crippen LogP contribution in [0.3, 0.4) is 0 Å². The number of ether oxygens (including phenoxy) is 2. The highest BCUT2D eigenvalue weighted by Gasteiger charge is 2.11. The van der Waals surface area contributed by atoms with Crippen LogP contribution in [0.1, 0.15) is 120 Å². The number of nitriles is 1. The normalized spacial score (nSPS) is 13.0. The minimum Gasteiger partial charge on any atom is -0.494 e. The number of aliphatic hydroxyl groups excluding tert-OH is 1. The largest absolute Gasteiger partial charge is 0.494 e. The molecule has 0 radical (unpaired) electrons. The Bertz CT molecular complexity index is 1340. The average molecular weight is 626 g/mol. The number of carbonyl (C=O) groups is 2. The highest BCUT2D eigenvalue weighted by Crippen LogP contribution is 2.22. The summed E-state index contributed by atoms with van der Waals surface area (Å²) in [6.07, 6.45) is 14.8. The number of rotatable bonds is 26. The van der Waals surface area contributed by atoms with Crippen LogP contribution in [0.2, 0.25) is 0 Å². The van der Waals surface area contributed by atoms with E-state index in [0.717, 1.165) is 83.5 Å². The second-order valence-corrected chi connectivity index (χ2v) is 11.2. The van der Waals surface area contributed by atoms with Crippen LogP contribution < -0.4 is 4.74 Å². The average Bonchev–Trinajstić information content (AvgIpc) is 3.10. The van der Waals surface area contributed by atoms with E-state index in [-0.39, 0.29) is 73.7 Å². The maximum Gasteiger partial charge on any atom is 0.305 e. The standard InChI is InChI=1S/C36H51N3O6/c37-27-30-18-20-32(21-19-30)38-39-33-22-24-34(25-23-33)44-26-14-10-9-11-15-31(28-40)29-45-36(43)17-13-8-6-4-2-1-3-5-7-12-16-35(41)42/h18-25,31,40H,1-17,26,28-29H2,(H,41,42)/i22D,23D,24D,25D. The zero-order chi connectivity index (χ0) is 35.9. The molecule has 0 amide bonds. The molecule has 9 heteroatoms. The maximum atomic E-state index is 12.1. The molecule has 45 heavy (non-hydrogen) atoms. The van der Waals surface area contributed by atoms with Gasteiger partial charge in [-0.1, -0.05) is 70.6 Å². The first-order valence-corrected chi connectivity index (χ1v) is 16.3. The van der Waals surface area contributed by atoms with E-state index in [9.17, 15) is 14.7 Å². The first kappa shape index (κ1) is 31.2. The van der Waals surface area contributed by atoms with Crippen molar-refractivity contribution in [2.24, 2.45) is 16.1 Å². The number of benzene rings is 2. The van der Waals surface area contributed by atoms with E-state index in [1.807, 2.05) is 6.07 Å². The minimum atomic E-state index is -0.723. The van der Waals surface area contributed by atoms with Gasteiger partial charge in [-0.25, -0.2) is 0 Å². The number of aliphatic carboxylic acids is 1. The van der Waals surface area contributed by atoms with Crippen LogP contribution in [0.5, 0.6) is 5.75 Å². The second kappa shape index (κ2) is 24.5. The molecule has 246 valence electrons. The molecular formula is C36H51N3O6. The van der Waals surface area contributed by atoms with Crippen LogP contribution in [-0.4, -0.2) is 42.0 Å². The van der Waals surface area contributed by atoms with Gasteiger partial charge in [0.2, 0.25) is 0 Å². The van der Waals surface area contributed by atoms with Crippen LogP contribution >= 0.6 is 0 Å². The summed E-state index contributed by atoms with van der Waals surface area (Å²) in [6, 6.07) is 6.91. The Morgan fingerprint density at radius 2 is 1.33 bits per heavy atom. The summed E-state index contributed by atoms with van der Waals surface area (Å²) in [5, 5.41) is 35.2. The number of esters is 1. The summed E-state index contributed by atoms with van der Waals surface area (Å²) in [4.78, 5) is 22.6. The molecular weight excluding hydrogens is 570 g/mol. The molecule has 1 unspecified atom stereocenters. The van der Waals surface area contributed by atoms with Gasteiger partial charge in [0.05, 0.1) is 41.7 Å². The number of hydrogen-bond donors (Lipinski definition) is 2. The molecule has 2 aromatic carbocycles. The maximum absolute atomic E-state index is 12.1. The van der Waals surface area contributed by atoms with Crippen molar-refractivity contribution < 1.29 is 34.8 Å². The lowest BCUT2D eigenvalue weighted by atomic mass is 10.0. The predicted molar refractivity (Wildman–Crippen MR) is 175 cm³/mol. The fraction of sp³-hybridized carbons (Fsp3) is 0.583. The second-order valence-electron chi connectivity index (χ2n) is 11.2. The molecule has 0 spiro atoms. The summed E-state index contributed by atoms with van der Waals surface area (Å²) >= 11 is 0. The molecule has 0 heterocycles. The van der Waals surface area contributed by atoms with E-state index in [1.165, 1.54) is 6.42 Å². The topological polar surface area (TPSA) is 142 Å². The van der Waals surface area contributed by atoms with Crippen LogP contribution in [0.15, 0.2) is 58.7 Å². The smallest absolute Gasteiger partial charge is 0.305 e. The van der Waals surface area contributed by atoms with Gasteiger partial charge in [-0.05, 0) is 74.1 Å². The van der Waals surface area contributed by atoms with Crippen molar-refractivity contribution in [3.8, 4) is 11.8 Å². The summed E-state index contributed by atoms with van der Waals surface area (Å²) in [5.41, 5.74) is 0.670. The van der Waals surface area contributed by atoms with E-state index in [0.29, 0.717) is 24.1 Å². The third kappa shape index (κ3) is 19.3. The Balaban J connectivity index is 1.57. The van der Waals surface area contributed by atoms with Crippen molar-refractivity contribution in [1.29, 1.82) is 5.26 Å². The number of nitrogens with zero attached hydrogens (tertiary/aromatic N) is 3. The number of hydrogen-bond acceptors (Lipinski definition) is 8. The molecule has 2 aromatic rings. The van der Waals surface area contributed by atoms with Crippen LogP contribution in [0, 0.1) is 17.2 Å². The van der Waals surface area contributed by atoms with Crippen molar-refractivity contribution in [3.63, 3.8) is 0 Å². The molecule has 2 rings (SSSR count). The quantitative estimate of drug-likeness (QED) is 0.0603. The summed E-state index contributed by atoms with van der Waals surface area (Å²) < 4.78 is 44.1. The lowest BCUT2D eigenvalue weighted by Gasteiger charge is -2.14. The van der Waals surface area contributed by atoms with Crippen LogP contribution in [-0.2, 0) is 14.3 Å². The van der Waals surface area contributed by atoms with Gasteiger partial charge in [0, 0.05) is 25.4 Å². The van der Waals surface area contributed by atoms with E-state index < -0.39 is 5.97 Å². The van der Waals surface area contributed by atoms with E-state index in [1.54, 1.807) is 24.3 Å². The molecule has 9 nitrogen and oxygen atoms in total. The Morgan fingerprint density at radius 3 is 1.93 bits per heavy atom. The number of azo groups is 1. The SMILES string of the molecule is [2H]c1c([2H])c(OCCCCCCC(CO)COC(=O)CCCCCCCCCCCCC(=O)O)c([2H])c([2H])c1N=Nc1ccc(C#N)cc1. The molecule has 2 N–H and O–H groups in total. The fourth-order valence-electron chi connectivity index (χ4n) is 4.66. The Morgan fingerprint density at radius 1 is 0.778 bits per heavy atom. The Kier molecular flexibility index (Phi) is 17.0. The van der Waals surface area contributed by atoms with Gasteiger partial charge >= 0.3 is 11.9 Å². The third-order valence-electron chi connectivity index (χ3n) is 7.36. The minimum absolute atomic E-state index is 0.0531. The van der Waals surface area contributed by atoms with Gasteiger partial charge in [0.1, 0.15) is 5.75 Å². The molecule has 0 saturated heterocycles. The monoisotopic (exact) mass is 625 g/mol. The predicted octanol–water partition coefficient (Wildman–Crippen LogP) is 9.22. The van der Waals surface area contributed by atoms with E-state index >= 15 is 0 Å². The van der Waals surface area contributed by atoms with Gasteiger partial charge in [0.15, 0.2) is 0 Å². The summed E-state index contributed by atoms with van der Waals surface area (Å²) in [5.74, 6) is -1.19. The fourth-order valence-corrected chi connectivity index (χ4v) is 4.66. The van der Waals surface area contributed by atoms with Crippen molar-refractivity contribution >= 4 is 23.3 Å². The van der Waals surface area contributed by atoms with Crippen molar-refractivity contribution in [3.05, 3.63) is 54.0 Å². The molecule has 0 aliphatic carbocycles. The highest BCUT2D eigenvalue weighted by atomic mass is 16.5. The van der Waals surface area contributed by atoms with Crippen LogP contribution in [0.25, 0.3) is 0 Å². The molecule has 0 saturated carbocycles. The van der Waals surface area contributed by atoms with Gasteiger partial charge in [-0.15, -0.1) is 0 Å². The summed E-state index contributed by atoms with van der Waals surface area (Å²) in [6.45, 7) is 0.375. The third-order valence-corrected chi connectivity index (χ3v) is 7.36. The zero-order valence-electron chi connectivity index (χ0n) is 30.4.